The molecule has 0 aliphatic carbocycles. The van der Waals surface area contributed by atoms with Crippen molar-refractivity contribution in [2.45, 2.75) is 13.5 Å². The summed E-state index contributed by atoms with van der Waals surface area (Å²) in [5.41, 5.74) is 17.0. The van der Waals surface area contributed by atoms with E-state index < -0.39 is 0 Å². The maximum atomic E-state index is 5.98. The maximum absolute atomic E-state index is 5.98. The molecule has 0 aromatic heterocycles. The Balaban J connectivity index is 2.53. The van der Waals surface area contributed by atoms with Crippen LogP contribution < -0.4 is 11.5 Å². The second-order valence-electron chi connectivity index (χ2n) is 4.00. The van der Waals surface area contributed by atoms with Crippen molar-refractivity contribution in [1.29, 1.82) is 0 Å². The minimum Gasteiger partial charge on any atom is -0.398 e. The van der Waals surface area contributed by atoms with Crippen molar-refractivity contribution >= 4 is 5.69 Å². The molecule has 0 amide bonds. The van der Waals surface area contributed by atoms with Gasteiger partial charge in [0, 0.05) is 17.8 Å². The molecule has 2 rings (SSSR count). The van der Waals surface area contributed by atoms with Gasteiger partial charge in [-0.25, -0.2) is 0 Å². The van der Waals surface area contributed by atoms with Crippen LogP contribution in [0.2, 0.25) is 0 Å². The van der Waals surface area contributed by atoms with Crippen LogP contribution in [0.5, 0.6) is 0 Å². The van der Waals surface area contributed by atoms with Crippen molar-refractivity contribution in [2.24, 2.45) is 5.73 Å². The van der Waals surface area contributed by atoms with Gasteiger partial charge in [0.1, 0.15) is 0 Å². The third-order valence-electron chi connectivity index (χ3n) is 2.68. The van der Waals surface area contributed by atoms with Crippen molar-refractivity contribution in [3.8, 4) is 11.1 Å². The van der Waals surface area contributed by atoms with Gasteiger partial charge in [0.15, 0.2) is 0 Å². The SMILES string of the molecule is Cc1ccc(N)c(-c2cccc(CN)c2)c1. The lowest BCUT2D eigenvalue weighted by molar-refractivity contribution is 1.07. The fourth-order valence-electron chi connectivity index (χ4n) is 1.79. The average molecular weight is 212 g/mol. The van der Waals surface area contributed by atoms with E-state index in [0.29, 0.717) is 6.54 Å². The molecule has 0 heterocycles. The van der Waals surface area contributed by atoms with Crippen molar-refractivity contribution < 1.29 is 0 Å². The van der Waals surface area contributed by atoms with Crippen LogP contribution in [0, 0.1) is 6.92 Å². The van der Waals surface area contributed by atoms with Gasteiger partial charge in [-0.3, -0.25) is 0 Å². The quantitative estimate of drug-likeness (QED) is 0.752. The number of hydrogen-bond donors (Lipinski definition) is 2. The predicted molar refractivity (Wildman–Crippen MR) is 68.9 cm³/mol. The molecule has 0 atom stereocenters. The summed E-state index contributed by atoms with van der Waals surface area (Å²) >= 11 is 0. The van der Waals surface area contributed by atoms with E-state index in [4.69, 9.17) is 11.5 Å². The first-order valence-corrected chi connectivity index (χ1v) is 5.36. The molecule has 0 aliphatic rings. The van der Waals surface area contributed by atoms with Crippen LogP contribution in [-0.4, -0.2) is 0 Å². The zero-order valence-electron chi connectivity index (χ0n) is 9.40. The molecular formula is C14H16N2. The van der Waals surface area contributed by atoms with Gasteiger partial charge in [0.25, 0.3) is 0 Å². The van der Waals surface area contributed by atoms with E-state index in [1.54, 1.807) is 0 Å². The summed E-state index contributed by atoms with van der Waals surface area (Å²) in [7, 11) is 0. The highest BCUT2D eigenvalue weighted by Crippen LogP contribution is 2.27. The van der Waals surface area contributed by atoms with Gasteiger partial charge >= 0.3 is 0 Å². The number of benzene rings is 2. The van der Waals surface area contributed by atoms with Crippen molar-refractivity contribution in [2.75, 3.05) is 5.73 Å². The highest BCUT2D eigenvalue weighted by molar-refractivity contribution is 5.77. The van der Waals surface area contributed by atoms with Gasteiger partial charge < -0.3 is 11.5 Å². The topological polar surface area (TPSA) is 52.0 Å². The normalized spacial score (nSPS) is 10.4. The molecular weight excluding hydrogens is 196 g/mol. The van der Waals surface area contributed by atoms with Crippen LogP contribution in [0.4, 0.5) is 5.69 Å². The predicted octanol–water partition coefficient (Wildman–Crippen LogP) is 2.70. The molecule has 0 aliphatic heterocycles. The van der Waals surface area contributed by atoms with Gasteiger partial charge in [-0.1, -0.05) is 29.8 Å². The molecule has 82 valence electrons. The lowest BCUT2D eigenvalue weighted by atomic mass is 10.00. The van der Waals surface area contributed by atoms with Crippen LogP contribution in [0.1, 0.15) is 11.1 Å². The van der Waals surface area contributed by atoms with Crippen LogP contribution in [0.3, 0.4) is 0 Å². The van der Waals surface area contributed by atoms with Gasteiger partial charge in [0.2, 0.25) is 0 Å². The smallest absolute Gasteiger partial charge is 0.0393 e. The molecule has 4 N–H and O–H groups in total. The molecule has 2 aromatic carbocycles. The van der Waals surface area contributed by atoms with E-state index in [1.165, 1.54) is 5.56 Å². The Morgan fingerprint density at radius 2 is 1.88 bits per heavy atom. The minimum absolute atomic E-state index is 0.555. The molecule has 0 unspecified atom stereocenters. The molecule has 0 bridgehead atoms. The largest absolute Gasteiger partial charge is 0.398 e. The van der Waals surface area contributed by atoms with Gasteiger partial charge in [-0.15, -0.1) is 0 Å². The zero-order valence-corrected chi connectivity index (χ0v) is 9.40. The Labute approximate surface area is 95.9 Å². The molecule has 0 fully saturated rings. The van der Waals surface area contributed by atoms with Crippen LogP contribution >= 0.6 is 0 Å². The Bertz CT molecular complexity index is 504. The van der Waals surface area contributed by atoms with E-state index in [2.05, 4.69) is 25.1 Å². The van der Waals surface area contributed by atoms with Gasteiger partial charge in [-0.05, 0) is 36.2 Å². The molecule has 2 heteroatoms. The first-order chi connectivity index (χ1) is 7.70. The Hall–Kier alpha value is -1.80. The minimum atomic E-state index is 0.555. The fraction of sp³-hybridized carbons (Fsp3) is 0.143. The number of aryl methyl sites for hydroxylation is 1. The Kier molecular flexibility index (Phi) is 2.93. The Morgan fingerprint density at radius 1 is 1.06 bits per heavy atom. The zero-order chi connectivity index (χ0) is 11.5. The number of rotatable bonds is 2. The summed E-state index contributed by atoms with van der Waals surface area (Å²) in [4.78, 5) is 0. The van der Waals surface area contributed by atoms with Crippen LogP contribution in [-0.2, 0) is 6.54 Å². The van der Waals surface area contributed by atoms with Crippen molar-refractivity contribution in [3.63, 3.8) is 0 Å². The van der Waals surface area contributed by atoms with Crippen molar-refractivity contribution in [1.82, 2.24) is 0 Å². The van der Waals surface area contributed by atoms with E-state index in [1.807, 2.05) is 24.3 Å². The number of nitrogen functional groups attached to an aromatic ring is 1. The van der Waals surface area contributed by atoms with E-state index in [9.17, 15) is 0 Å². The highest BCUT2D eigenvalue weighted by atomic mass is 14.6. The number of nitrogens with two attached hydrogens (primary N) is 2. The summed E-state index contributed by atoms with van der Waals surface area (Å²) in [6.07, 6.45) is 0. The summed E-state index contributed by atoms with van der Waals surface area (Å²) < 4.78 is 0. The standard InChI is InChI=1S/C14H16N2/c1-10-5-6-14(16)13(7-10)12-4-2-3-11(8-12)9-15/h2-8H,9,15-16H2,1H3. The van der Waals surface area contributed by atoms with Gasteiger partial charge in [-0.2, -0.15) is 0 Å². The summed E-state index contributed by atoms with van der Waals surface area (Å²) in [5.74, 6) is 0. The second kappa shape index (κ2) is 4.37. The number of hydrogen-bond acceptors (Lipinski definition) is 2. The monoisotopic (exact) mass is 212 g/mol. The summed E-state index contributed by atoms with van der Waals surface area (Å²) in [6.45, 7) is 2.62. The first-order valence-electron chi connectivity index (χ1n) is 5.36. The van der Waals surface area contributed by atoms with Crippen LogP contribution in [0.15, 0.2) is 42.5 Å². The molecule has 0 radical (unpaired) electrons. The van der Waals surface area contributed by atoms with E-state index in [0.717, 1.165) is 22.4 Å². The molecule has 2 nitrogen and oxygen atoms in total. The average Bonchev–Trinajstić information content (AvgIpc) is 2.32. The lowest BCUT2D eigenvalue weighted by Crippen LogP contribution is -1.97. The molecule has 0 spiro atoms. The summed E-state index contributed by atoms with van der Waals surface area (Å²) in [5, 5.41) is 0. The highest BCUT2D eigenvalue weighted by Gasteiger charge is 2.03. The van der Waals surface area contributed by atoms with E-state index in [-0.39, 0.29) is 0 Å². The van der Waals surface area contributed by atoms with Crippen LogP contribution in [0.25, 0.3) is 11.1 Å². The molecule has 0 saturated carbocycles. The first kappa shape index (κ1) is 10.7. The second-order valence-corrected chi connectivity index (χ2v) is 4.00. The Morgan fingerprint density at radius 3 is 2.62 bits per heavy atom. The summed E-state index contributed by atoms with van der Waals surface area (Å²) in [6, 6.07) is 14.3. The van der Waals surface area contributed by atoms with E-state index >= 15 is 0 Å². The number of anilines is 1. The van der Waals surface area contributed by atoms with Gasteiger partial charge in [0.05, 0.1) is 0 Å². The molecule has 16 heavy (non-hydrogen) atoms. The third kappa shape index (κ3) is 2.07. The molecule has 2 aromatic rings. The fourth-order valence-corrected chi connectivity index (χ4v) is 1.79. The third-order valence-corrected chi connectivity index (χ3v) is 2.68. The van der Waals surface area contributed by atoms with Crippen molar-refractivity contribution in [3.05, 3.63) is 53.6 Å². The maximum Gasteiger partial charge on any atom is 0.0393 e. The molecule has 0 saturated heterocycles. The lowest BCUT2D eigenvalue weighted by Gasteiger charge is -2.08.